The highest BCUT2D eigenvalue weighted by Gasteiger charge is 2.35. The predicted molar refractivity (Wildman–Crippen MR) is 92.1 cm³/mol. The van der Waals surface area contributed by atoms with E-state index in [1.165, 1.54) is 6.33 Å². The van der Waals surface area contributed by atoms with Crippen molar-refractivity contribution in [2.45, 2.75) is 25.3 Å². The Morgan fingerprint density at radius 2 is 1.92 bits per heavy atom. The SMILES string of the molecule is C[n+]1c(O)c(-c2ccccc2)c(=O)n2c1CCCC2c1cncnc1. The molecule has 0 amide bonds. The van der Waals surface area contributed by atoms with Crippen LogP contribution in [0.1, 0.15) is 30.3 Å². The van der Waals surface area contributed by atoms with Crippen LogP contribution in [0.25, 0.3) is 11.1 Å². The molecule has 4 rings (SSSR count). The first kappa shape index (κ1) is 15.5. The fraction of sp³-hybridized carbons (Fsp3) is 0.263. The zero-order valence-corrected chi connectivity index (χ0v) is 14.0. The van der Waals surface area contributed by atoms with Crippen LogP contribution >= 0.6 is 0 Å². The zero-order chi connectivity index (χ0) is 17.4. The zero-order valence-electron chi connectivity index (χ0n) is 14.0. The van der Waals surface area contributed by atoms with E-state index in [4.69, 9.17) is 0 Å². The molecule has 6 heteroatoms. The first-order valence-electron chi connectivity index (χ1n) is 8.35. The highest BCUT2D eigenvalue weighted by molar-refractivity contribution is 5.66. The van der Waals surface area contributed by atoms with Crippen LogP contribution in [0, 0.1) is 0 Å². The van der Waals surface area contributed by atoms with E-state index in [-0.39, 0.29) is 17.5 Å². The van der Waals surface area contributed by atoms with Crippen LogP contribution in [0.3, 0.4) is 0 Å². The van der Waals surface area contributed by atoms with Crippen molar-refractivity contribution in [1.82, 2.24) is 14.5 Å². The maximum absolute atomic E-state index is 13.3. The molecular formula is C19H19N4O2+. The Bertz CT molecular complexity index is 968. The molecule has 0 saturated heterocycles. The van der Waals surface area contributed by atoms with Gasteiger partial charge in [-0.05, 0) is 18.4 Å². The van der Waals surface area contributed by atoms with E-state index in [1.54, 1.807) is 28.6 Å². The lowest BCUT2D eigenvalue weighted by molar-refractivity contribution is -0.690. The average molecular weight is 335 g/mol. The van der Waals surface area contributed by atoms with Crippen molar-refractivity contribution in [3.63, 3.8) is 0 Å². The molecule has 0 aliphatic carbocycles. The highest BCUT2D eigenvalue weighted by atomic mass is 16.3. The largest absolute Gasteiger partial charge is 0.477 e. The second-order valence-corrected chi connectivity index (χ2v) is 6.29. The van der Waals surface area contributed by atoms with E-state index in [2.05, 4.69) is 9.97 Å². The van der Waals surface area contributed by atoms with E-state index in [0.29, 0.717) is 11.1 Å². The molecule has 0 bridgehead atoms. The van der Waals surface area contributed by atoms with Crippen molar-refractivity contribution >= 4 is 0 Å². The van der Waals surface area contributed by atoms with Gasteiger partial charge in [0.15, 0.2) is 5.56 Å². The lowest BCUT2D eigenvalue weighted by Gasteiger charge is -2.23. The van der Waals surface area contributed by atoms with Crippen molar-refractivity contribution in [1.29, 1.82) is 0 Å². The summed E-state index contributed by atoms with van der Waals surface area (Å²) in [5.41, 5.74) is 1.78. The molecular weight excluding hydrogens is 316 g/mol. The summed E-state index contributed by atoms with van der Waals surface area (Å²) in [5, 5.41) is 10.7. The third-order valence-electron chi connectivity index (χ3n) is 4.86. The maximum Gasteiger partial charge on any atom is 0.349 e. The second-order valence-electron chi connectivity index (χ2n) is 6.29. The van der Waals surface area contributed by atoms with E-state index < -0.39 is 0 Å². The number of aromatic hydroxyl groups is 1. The van der Waals surface area contributed by atoms with E-state index in [0.717, 1.165) is 30.7 Å². The molecule has 0 spiro atoms. The van der Waals surface area contributed by atoms with Gasteiger partial charge in [0, 0.05) is 24.4 Å². The fourth-order valence-electron chi connectivity index (χ4n) is 3.63. The number of fused-ring (bicyclic) bond motifs is 1. The fourth-order valence-corrected chi connectivity index (χ4v) is 3.63. The van der Waals surface area contributed by atoms with Gasteiger partial charge in [0.05, 0.1) is 7.05 Å². The topological polar surface area (TPSA) is 71.9 Å². The van der Waals surface area contributed by atoms with Gasteiger partial charge >= 0.3 is 5.56 Å². The molecule has 126 valence electrons. The minimum absolute atomic E-state index is 0.00686. The van der Waals surface area contributed by atoms with Crippen molar-refractivity contribution in [3.8, 4) is 17.0 Å². The minimum Gasteiger partial charge on any atom is -0.477 e. The number of benzene rings is 1. The summed E-state index contributed by atoms with van der Waals surface area (Å²) in [7, 11) is 1.80. The summed E-state index contributed by atoms with van der Waals surface area (Å²) >= 11 is 0. The van der Waals surface area contributed by atoms with Gasteiger partial charge < -0.3 is 5.11 Å². The van der Waals surface area contributed by atoms with E-state index in [9.17, 15) is 9.90 Å². The van der Waals surface area contributed by atoms with Crippen molar-refractivity contribution in [2.75, 3.05) is 0 Å². The van der Waals surface area contributed by atoms with Crippen LogP contribution in [0.2, 0.25) is 0 Å². The van der Waals surface area contributed by atoms with Crippen LogP contribution in [0.4, 0.5) is 0 Å². The molecule has 3 aromatic rings. The number of hydrogen-bond acceptors (Lipinski definition) is 4. The van der Waals surface area contributed by atoms with Gasteiger partial charge in [0.25, 0.3) is 11.7 Å². The third kappa shape index (κ3) is 2.50. The molecule has 25 heavy (non-hydrogen) atoms. The third-order valence-corrected chi connectivity index (χ3v) is 4.86. The lowest BCUT2D eigenvalue weighted by atomic mass is 9.97. The molecule has 1 atom stereocenters. The first-order valence-corrected chi connectivity index (χ1v) is 8.35. The van der Waals surface area contributed by atoms with Crippen LogP contribution in [0.15, 0.2) is 53.8 Å². The Kier molecular flexibility index (Phi) is 3.80. The summed E-state index contributed by atoms with van der Waals surface area (Å²) in [6, 6.07) is 9.17. The van der Waals surface area contributed by atoms with Crippen LogP contribution in [0.5, 0.6) is 5.88 Å². The molecule has 0 fully saturated rings. The summed E-state index contributed by atoms with van der Waals surface area (Å²) in [4.78, 5) is 21.5. The summed E-state index contributed by atoms with van der Waals surface area (Å²) in [6.07, 6.45) is 7.54. The van der Waals surface area contributed by atoms with E-state index >= 15 is 0 Å². The normalized spacial score (nSPS) is 16.4. The number of hydrogen-bond donors (Lipinski definition) is 1. The van der Waals surface area contributed by atoms with E-state index in [1.807, 2.05) is 30.3 Å². The van der Waals surface area contributed by atoms with Gasteiger partial charge in [-0.25, -0.2) is 19.3 Å². The summed E-state index contributed by atoms with van der Waals surface area (Å²) in [6.45, 7) is 0. The Labute approximate surface area is 145 Å². The molecule has 1 unspecified atom stereocenters. The minimum atomic E-state index is -0.176. The van der Waals surface area contributed by atoms with Gasteiger partial charge in [0.1, 0.15) is 12.4 Å². The Balaban J connectivity index is 2.00. The smallest absolute Gasteiger partial charge is 0.349 e. The molecule has 1 aliphatic heterocycles. The van der Waals surface area contributed by atoms with Crippen molar-refractivity contribution in [2.24, 2.45) is 7.05 Å². The number of rotatable bonds is 2. The first-order chi connectivity index (χ1) is 12.2. The molecule has 3 heterocycles. The average Bonchev–Trinajstić information content (AvgIpc) is 2.67. The number of aromatic nitrogens is 4. The molecule has 1 aromatic carbocycles. The maximum atomic E-state index is 13.3. The molecule has 2 aromatic heterocycles. The Morgan fingerprint density at radius 3 is 2.64 bits per heavy atom. The Hall–Kier alpha value is -3.02. The van der Waals surface area contributed by atoms with Gasteiger partial charge in [0.2, 0.25) is 0 Å². The molecule has 0 saturated carbocycles. The van der Waals surface area contributed by atoms with Crippen LogP contribution < -0.4 is 10.1 Å². The molecule has 1 N–H and O–H groups in total. The van der Waals surface area contributed by atoms with Crippen LogP contribution in [-0.4, -0.2) is 19.6 Å². The molecule has 6 nitrogen and oxygen atoms in total. The molecule has 1 aliphatic rings. The monoisotopic (exact) mass is 335 g/mol. The Morgan fingerprint density at radius 1 is 1.20 bits per heavy atom. The number of nitrogens with zero attached hydrogens (tertiary/aromatic N) is 4. The summed E-state index contributed by atoms with van der Waals surface area (Å²) < 4.78 is 3.52. The second kappa shape index (κ2) is 6.12. The highest BCUT2D eigenvalue weighted by Crippen LogP contribution is 2.30. The standard InChI is InChI=1S/C19H18N4O2/c1-22-16-9-5-8-15(14-10-20-12-21-11-14)23(16)19(25)17(18(22)24)13-6-3-2-4-7-13/h2-4,6-7,10-12,15H,5,8-9H2,1H3/p+1. The van der Waals surface area contributed by atoms with Crippen LogP contribution in [-0.2, 0) is 13.5 Å². The summed E-state index contributed by atoms with van der Waals surface area (Å²) in [5.74, 6) is 0.828. The van der Waals surface area contributed by atoms with Gasteiger partial charge in [-0.3, -0.25) is 0 Å². The lowest BCUT2D eigenvalue weighted by Crippen LogP contribution is -2.47. The van der Waals surface area contributed by atoms with Crippen molar-refractivity contribution < 1.29 is 9.67 Å². The van der Waals surface area contributed by atoms with Crippen molar-refractivity contribution in [3.05, 3.63) is 70.8 Å². The van der Waals surface area contributed by atoms with Gasteiger partial charge in [-0.1, -0.05) is 30.3 Å². The molecule has 0 radical (unpaired) electrons. The predicted octanol–water partition coefficient (Wildman–Crippen LogP) is 1.76. The quantitative estimate of drug-likeness (QED) is 0.725. The van der Waals surface area contributed by atoms with Gasteiger partial charge in [-0.15, -0.1) is 0 Å². The van der Waals surface area contributed by atoms with Gasteiger partial charge in [-0.2, -0.15) is 4.57 Å².